The van der Waals surface area contributed by atoms with Crippen LogP contribution in [0.5, 0.6) is 0 Å². The van der Waals surface area contributed by atoms with Crippen LogP contribution in [0.2, 0.25) is 0 Å². The van der Waals surface area contributed by atoms with Crippen molar-refractivity contribution in [2.75, 3.05) is 0 Å². The van der Waals surface area contributed by atoms with E-state index in [1.807, 2.05) is 18.2 Å². The first-order valence-corrected chi connectivity index (χ1v) is 21.1. The predicted molar refractivity (Wildman–Crippen MR) is 261 cm³/mol. The normalized spacial score (nSPS) is 11.9. The number of H-pyrrole nitrogens is 2. The minimum Gasteiger partial charge on any atom is -0.354 e. The zero-order valence-electron chi connectivity index (χ0n) is 35.9. The number of allylic oxidation sites excluding steroid dienone is 3. The van der Waals surface area contributed by atoms with Crippen LogP contribution in [0, 0.1) is 20.8 Å². The Balaban J connectivity index is 0.00000529. The smallest absolute Gasteiger partial charge is 0.0737 e. The van der Waals surface area contributed by atoms with Crippen molar-refractivity contribution in [3.8, 4) is 44.5 Å². The summed E-state index contributed by atoms with van der Waals surface area (Å²) in [6, 6.07) is 43.9. The Kier molecular flexibility index (Phi) is 12.0. The van der Waals surface area contributed by atoms with E-state index in [-0.39, 0.29) is 24.9 Å². The summed E-state index contributed by atoms with van der Waals surface area (Å²) in [4.78, 5) is 18.7. The second-order valence-electron chi connectivity index (χ2n) is 16.4. The molecule has 9 rings (SSSR count). The third kappa shape index (κ3) is 7.97. The molecule has 3 aromatic heterocycles. The molecule has 5 heteroatoms. The Morgan fingerprint density at radius 3 is 0.919 bits per heavy atom. The summed E-state index contributed by atoms with van der Waals surface area (Å²) in [7, 11) is 0. The molecule has 0 unspecified atom stereocenters. The molecule has 2 aliphatic rings. The maximum atomic E-state index is 5.51. The Labute approximate surface area is 378 Å². The number of benzene rings is 4. The van der Waals surface area contributed by atoms with Gasteiger partial charge in [-0.3, -0.25) is 0 Å². The van der Waals surface area contributed by atoms with Gasteiger partial charge < -0.3 is 9.97 Å². The first kappa shape index (κ1) is 42.0. The van der Waals surface area contributed by atoms with Crippen molar-refractivity contribution < 1.29 is 19.5 Å². The van der Waals surface area contributed by atoms with E-state index in [4.69, 9.17) is 9.97 Å². The van der Waals surface area contributed by atoms with E-state index in [1.54, 1.807) is 0 Å². The fraction of sp³-hybridized carbons (Fsp3) is 0.123. The molecule has 0 aliphatic carbocycles. The van der Waals surface area contributed by atoms with E-state index in [2.05, 4.69) is 196 Å². The minimum absolute atomic E-state index is 0. The minimum atomic E-state index is -0.160. The van der Waals surface area contributed by atoms with Crippen LogP contribution in [0.4, 0.5) is 0 Å². The van der Waals surface area contributed by atoms with Crippen LogP contribution in [-0.2, 0) is 24.9 Å². The van der Waals surface area contributed by atoms with Crippen LogP contribution in [-0.4, -0.2) is 19.9 Å². The standard InChI is InChI=1S/C57H50N4.Zn/c1-7-34-57(35-8-2,36-9-3)44-24-22-43(23-25-44)56-51-32-30-49(60-51)54(41-18-12-38(5)13-19-41)47-28-26-45(58-47)53(40-16-10-37(4)11-17-40)46-27-29-48(59-46)55(50-31-33-52(56)61-50)42-20-14-39(6)15-21-42;/h7-33,58,61H,1-3,34-36H2,4-6H3;. The van der Waals surface area contributed by atoms with Crippen LogP contribution in [0.25, 0.3) is 90.9 Å². The summed E-state index contributed by atoms with van der Waals surface area (Å²) < 4.78 is 0. The van der Waals surface area contributed by atoms with Gasteiger partial charge in [-0.1, -0.05) is 132 Å². The molecule has 2 N–H and O–H groups in total. The number of aryl methyl sites for hydroxylation is 3. The molecule has 0 amide bonds. The van der Waals surface area contributed by atoms with Crippen molar-refractivity contribution >= 4 is 46.4 Å². The second kappa shape index (κ2) is 17.7. The second-order valence-corrected chi connectivity index (χ2v) is 16.4. The molecule has 62 heavy (non-hydrogen) atoms. The third-order valence-electron chi connectivity index (χ3n) is 12.2. The van der Waals surface area contributed by atoms with Gasteiger partial charge in [-0.05, 0) is 116 Å². The van der Waals surface area contributed by atoms with Crippen LogP contribution in [0.15, 0.2) is 159 Å². The molecule has 0 fully saturated rings. The van der Waals surface area contributed by atoms with Gasteiger partial charge >= 0.3 is 0 Å². The molecule has 0 saturated heterocycles. The Bertz CT molecular complexity index is 2980. The third-order valence-corrected chi connectivity index (χ3v) is 12.2. The number of aromatic nitrogens is 4. The topological polar surface area (TPSA) is 57.4 Å². The Morgan fingerprint density at radius 2 is 0.661 bits per heavy atom. The molecule has 7 aromatic rings. The summed E-state index contributed by atoms with van der Waals surface area (Å²) in [5, 5.41) is 0. The maximum Gasteiger partial charge on any atom is 0.0737 e. The average molecular weight is 856 g/mol. The number of fused-ring (bicyclic) bond motifs is 8. The molecule has 0 radical (unpaired) electrons. The summed E-state index contributed by atoms with van der Waals surface area (Å²) in [6.45, 7) is 18.7. The van der Waals surface area contributed by atoms with Crippen molar-refractivity contribution in [3.63, 3.8) is 0 Å². The number of rotatable bonds is 11. The summed E-state index contributed by atoms with van der Waals surface area (Å²) in [6.07, 6.45) is 17.1. The van der Waals surface area contributed by atoms with Crippen LogP contribution < -0.4 is 0 Å². The summed E-state index contributed by atoms with van der Waals surface area (Å²) >= 11 is 0. The first-order chi connectivity index (χ1) is 29.8. The van der Waals surface area contributed by atoms with E-state index in [9.17, 15) is 0 Å². The van der Waals surface area contributed by atoms with Crippen molar-refractivity contribution in [1.82, 2.24) is 19.9 Å². The van der Waals surface area contributed by atoms with Gasteiger partial charge in [-0.2, -0.15) is 0 Å². The average Bonchev–Trinajstić information content (AvgIpc) is 4.12. The van der Waals surface area contributed by atoms with Gasteiger partial charge in [0, 0.05) is 69.2 Å². The van der Waals surface area contributed by atoms with Gasteiger partial charge in [0.2, 0.25) is 0 Å². The Hall–Kier alpha value is -6.68. The van der Waals surface area contributed by atoms with E-state index in [0.717, 1.165) is 109 Å². The molecule has 4 nitrogen and oxygen atoms in total. The number of aromatic amines is 2. The molecule has 0 spiro atoms. The number of hydrogen-bond donors (Lipinski definition) is 2. The molecular formula is C57H50N4Zn. The van der Waals surface area contributed by atoms with Gasteiger partial charge in [0.1, 0.15) is 0 Å². The van der Waals surface area contributed by atoms with E-state index in [1.165, 1.54) is 22.3 Å². The molecular weight excluding hydrogens is 806 g/mol. The van der Waals surface area contributed by atoms with E-state index < -0.39 is 0 Å². The summed E-state index contributed by atoms with van der Waals surface area (Å²) in [5.74, 6) is 0. The van der Waals surface area contributed by atoms with Crippen LogP contribution >= 0.6 is 0 Å². The van der Waals surface area contributed by atoms with Crippen molar-refractivity contribution in [2.24, 2.45) is 0 Å². The summed E-state index contributed by atoms with van der Waals surface area (Å²) in [5.41, 5.74) is 20.6. The maximum absolute atomic E-state index is 5.51. The number of nitrogens with zero attached hydrogens (tertiary/aromatic N) is 2. The zero-order valence-corrected chi connectivity index (χ0v) is 38.9. The molecule has 0 saturated carbocycles. The molecule has 5 heterocycles. The van der Waals surface area contributed by atoms with Crippen molar-refractivity contribution in [3.05, 3.63) is 204 Å². The fourth-order valence-electron chi connectivity index (χ4n) is 9.00. The van der Waals surface area contributed by atoms with Gasteiger partial charge in [-0.15, -0.1) is 19.7 Å². The predicted octanol–water partition coefficient (Wildman–Crippen LogP) is 15.2. The van der Waals surface area contributed by atoms with Crippen molar-refractivity contribution in [1.29, 1.82) is 0 Å². The molecule has 0 atom stereocenters. The zero-order chi connectivity index (χ0) is 42.1. The largest absolute Gasteiger partial charge is 0.354 e. The quantitative estimate of drug-likeness (QED) is 0.101. The van der Waals surface area contributed by atoms with Gasteiger partial charge in [0.15, 0.2) is 0 Å². The molecule has 2 aliphatic heterocycles. The number of nitrogens with one attached hydrogen (secondary N) is 2. The SMILES string of the molecule is C=CCC(CC=C)(CC=C)c1ccc(-c2c3nc(c(-c4ccc(C)cc4)c4ccc([nH]4)c(-c4ccc(C)cc4)c4nc(c(-c5ccc(C)cc5)c5ccc2[nH]5)C=C4)C=C3)cc1.[Zn]. The number of hydrogen-bond acceptors (Lipinski definition) is 2. The van der Waals surface area contributed by atoms with E-state index >= 15 is 0 Å². The van der Waals surface area contributed by atoms with Crippen molar-refractivity contribution in [2.45, 2.75) is 45.4 Å². The first-order valence-electron chi connectivity index (χ1n) is 21.1. The molecule has 8 bridgehead atoms. The van der Waals surface area contributed by atoms with Gasteiger partial charge in [0.25, 0.3) is 0 Å². The fourth-order valence-corrected chi connectivity index (χ4v) is 9.00. The molecule has 4 aromatic carbocycles. The monoisotopic (exact) mass is 854 g/mol. The molecule has 300 valence electrons. The van der Waals surface area contributed by atoms with Crippen LogP contribution in [0.3, 0.4) is 0 Å². The van der Waals surface area contributed by atoms with Crippen LogP contribution in [0.1, 0.15) is 64.3 Å². The van der Waals surface area contributed by atoms with Gasteiger partial charge in [0.05, 0.1) is 22.8 Å². The Morgan fingerprint density at radius 1 is 0.403 bits per heavy atom. The van der Waals surface area contributed by atoms with Gasteiger partial charge in [-0.25, -0.2) is 9.97 Å². The van der Waals surface area contributed by atoms with E-state index in [0.29, 0.717) is 0 Å².